The molecule has 0 saturated heterocycles. The molecule has 1 aliphatic rings. The first-order valence-corrected chi connectivity index (χ1v) is 7.45. The molecule has 0 unspecified atom stereocenters. The Balaban J connectivity index is 2.35. The van der Waals surface area contributed by atoms with Crippen molar-refractivity contribution in [3.05, 3.63) is 11.4 Å². The van der Waals surface area contributed by atoms with E-state index in [1.165, 1.54) is 12.8 Å². The van der Waals surface area contributed by atoms with Crippen LogP contribution in [0.1, 0.15) is 50.4 Å². The molecular weight excluding hydrogens is 250 g/mol. The van der Waals surface area contributed by atoms with E-state index >= 15 is 0 Å². The third-order valence-electron chi connectivity index (χ3n) is 3.60. The third-order valence-corrected chi connectivity index (χ3v) is 3.60. The molecule has 1 aliphatic carbocycles. The number of nitrogens with zero attached hydrogens (tertiary/aromatic N) is 4. The molecule has 0 spiro atoms. The van der Waals surface area contributed by atoms with Gasteiger partial charge in [-0.3, -0.25) is 0 Å². The number of nitriles is 1. The molecule has 0 aliphatic heterocycles. The van der Waals surface area contributed by atoms with Crippen molar-refractivity contribution < 1.29 is 0 Å². The van der Waals surface area contributed by atoms with E-state index in [0.29, 0.717) is 12.3 Å². The lowest BCUT2D eigenvalue weighted by Gasteiger charge is -2.24. The summed E-state index contributed by atoms with van der Waals surface area (Å²) in [6.07, 6.45) is 2.91. The van der Waals surface area contributed by atoms with E-state index in [4.69, 9.17) is 10.2 Å². The first-order valence-electron chi connectivity index (χ1n) is 7.45. The largest absolute Gasteiger partial charge is 0.370 e. The summed E-state index contributed by atoms with van der Waals surface area (Å²) in [5.74, 6) is 3.41. The predicted octanol–water partition coefficient (Wildman–Crippen LogP) is 2.83. The van der Waals surface area contributed by atoms with Gasteiger partial charge in [-0.15, -0.1) is 0 Å². The Morgan fingerprint density at radius 1 is 1.35 bits per heavy atom. The van der Waals surface area contributed by atoms with E-state index in [0.717, 1.165) is 42.7 Å². The first kappa shape index (κ1) is 14.6. The molecule has 20 heavy (non-hydrogen) atoms. The summed E-state index contributed by atoms with van der Waals surface area (Å²) in [6, 6.07) is 2.21. The molecule has 0 amide bonds. The van der Waals surface area contributed by atoms with Crippen molar-refractivity contribution in [2.45, 2.75) is 46.0 Å². The van der Waals surface area contributed by atoms with Crippen molar-refractivity contribution in [2.24, 2.45) is 0 Å². The molecule has 2 rings (SSSR count). The van der Waals surface area contributed by atoms with E-state index in [-0.39, 0.29) is 0 Å². The van der Waals surface area contributed by atoms with Crippen molar-refractivity contribution in [3.63, 3.8) is 0 Å². The zero-order valence-corrected chi connectivity index (χ0v) is 12.6. The van der Waals surface area contributed by atoms with Crippen LogP contribution < -0.4 is 10.2 Å². The molecule has 0 radical (unpaired) electrons. The fraction of sp³-hybridized carbons (Fsp3) is 0.667. The van der Waals surface area contributed by atoms with Gasteiger partial charge in [-0.05, 0) is 33.6 Å². The lowest BCUT2D eigenvalue weighted by Crippen LogP contribution is -2.26. The van der Waals surface area contributed by atoms with Gasteiger partial charge < -0.3 is 10.2 Å². The van der Waals surface area contributed by atoms with Crippen LogP contribution in [0.5, 0.6) is 0 Å². The molecular formula is C15H23N5. The van der Waals surface area contributed by atoms with Crippen LogP contribution in [0.3, 0.4) is 0 Å². The third kappa shape index (κ3) is 3.19. The number of anilines is 2. The van der Waals surface area contributed by atoms with Gasteiger partial charge in [0.15, 0.2) is 0 Å². The lowest BCUT2D eigenvalue weighted by atomic mass is 10.2. The van der Waals surface area contributed by atoms with Gasteiger partial charge in [-0.2, -0.15) is 5.26 Å². The minimum absolute atomic E-state index is 0.520. The zero-order valence-electron chi connectivity index (χ0n) is 12.6. The van der Waals surface area contributed by atoms with E-state index in [1.807, 2.05) is 0 Å². The van der Waals surface area contributed by atoms with Gasteiger partial charge in [-0.25, -0.2) is 9.97 Å². The molecule has 1 saturated carbocycles. The molecule has 0 bridgehead atoms. The number of hydrogen-bond donors (Lipinski definition) is 1. The summed E-state index contributed by atoms with van der Waals surface area (Å²) in [7, 11) is 0. The highest BCUT2D eigenvalue weighted by Crippen LogP contribution is 2.40. The first-order chi connectivity index (χ1) is 9.71. The van der Waals surface area contributed by atoms with Crippen LogP contribution in [0.25, 0.3) is 0 Å². The van der Waals surface area contributed by atoms with Crippen LogP contribution in [0.2, 0.25) is 0 Å². The molecule has 5 heteroatoms. The van der Waals surface area contributed by atoms with E-state index in [2.05, 4.69) is 42.0 Å². The summed E-state index contributed by atoms with van der Waals surface area (Å²) < 4.78 is 0. The van der Waals surface area contributed by atoms with Crippen LogP contribution in [-0.4, -0.2) is 29.6 Å². The van der Waals surface area contributed by atoms with Crippen molar-refractivity contribution >= 4 is 11.6 Å². The van der Waals surface area contributed by atoms with Gasteiger partial charge in [0.1, 0.15) is 17.5 Å². The summed E-state index contributed by atoms with van der Waals surface area (Å²) in [5, 5.41) is 12.1. The van der Waals surface area contributed by atoms with Crippen molar-refractivity contribution in [1.29, 1.82) is 5.26 Å². The molecule has 1 heterocycles. The molecule has 1 N–H and O–H groups in total. The number of hydrogen-bond acceptors (Lipinski definition) is 5. The maximum absolute atomic E-state index is 8.80. The topological polar surface area (TPSA) is 64.8 Å². The van der Waals surface area contributed by atoms with Gasteiger partial charge >= 0.3 is 0 Å². The Morgan fingerprint density at radius 2 is 2.10 bits per heavy atom. The maximum Gasteiger partial charge on any atom is 0.137 e. The normalized spacial score (nSPS) is 13.9. The van der Waals surface area contributed by atoms with Crippen molar-refractivity contribution in [3.8, 4) is 6.07 Å². The molecule has 1 fully saturated rings. The van der Waals surface area contributed by atoms with Crippen LogP contribution in [0.4, 0.5) is 11.6 Å². The Bertz CT molecular complexity index is 502. The van der Waals surface area contributed by atoms with Gasteiger partial charge in [0.05, 0.1) is 12.5 Å². The Morgan fingerprint density at radius 3 is 2.65 bits per heavy atom. The summed E-state index contributed by atoms with van der Waals surface area (Å²) >= 11 is 0. The predicted molar refractivity (Wildman–Crippen MR) is 81.0 cm³/mol. The molecule has 108 valence electrons. The van der Waals surface area contributed by atoms with Gasteiger partial charge in [-0.1, -0.05) is 0 Å². The van der Waals surface area contributed by atoms with Gasteiger partial charge in [0.25, 0.3) is 0 Å². The summed E-state index contributed by atoms with van der Waals surface area (Å²) in [4.78, 5) is 11.6. The van der Waals surface area contributed by atoms with E-state index in [9.17, 15) is 0 Å². The SMILES string of the molecule is CCNc1nc(C2CC2)nc(N(CC)CCC#N)c1C. The Kier molecular flexibility index (Phi) is 4.78. The van der Waals surface area contributed by atoms with E-state index in [1.54, 1.807) is 0 Å². The maximum atomic E-state index is 8.80. The van der Waals surface area contributed by atoms with Crippen LogP contribution >= 0.6 is 0 Å². The highest BCUT2D eigenvalue weighted by atomic mass is 15.2. The minimum atomic E-state index is 0.520. The fourth-order valence-electron chi connectivity index (χ4n) is 2.29. The summed E-state index contributed by atoms with van der Waals surface area (Å²) in [6.45, 7) is 8.66. The second-order valence-electron chi connectivity index (χ2n) is 5.17. The lowest BCUT2D eigenvalue weighted by molar-refractivity contribution is 0.787. The molecule has 1 aromatic rings. The van der Waals surface area contributed by atoms with Gasteiger partial charge in [0, 0.05) is 31.1 Å². The molecule has 5 nitrogen and oxygen atoms in total. The average molecular weight is 273 g/mol. The quantitative estimate of drug-likeness (QED) is 0.827. The minimum Gasteiger partial charge on any atom is -0.370 e. The number of rotatable bonds is 7. The van der Waals surface area contributed by atoms with Crippen LogP contribution in [0, 0.1) is 18.3 Å². The average Bonchev–Trinajstić information content (AvgIpc) is 3.28. The summed E-state index contributed by atoms with van der Waals surface area (Å²) in [5.41, 5.74) is 1.08. The highest BCUT2D eigenvalue weighted by Gasteiger charge is 2.28. The molecule has 0 atom stereocenters. The number of aromatic nitrogens is 2. The molecule has 1 aromatic heterocycles. The second kappa shape index (κ2) is 6.56. The Hall–Kier alpha value is -1.83. The Labute approximate surface area is 121 Å². The smallest absolute Gasteiger partial charge is 0.137 e. The second-order valence-corrected chi connectivity index (χ2v) is 5.17. The van der Waals surface area contributed by atoms with Crippen LogP contribution in [0.15, 0.2) is 0 Å². The molecule has 0 aromatic carbocycles. The van der Waals surface area contributed by atoms with E-state index < -0.39 is 0 Å². The van der Waals surface area contributed by atoms with Gasteiger partial charge in [0.2, 0.25) is 0 Å². The zero-order chi connectivity index (χ0) is 14.5. The highest BCUT2D eigenvalue weighted by molar-refractivity contribution is 5.59. The van der Waals surface area contributed by atoms with Crippen LogP contribution in [-0.2, 0) is 0 Å². The number of nitrogens with one attached hydrogen (secondary N) is 1. The monoisotopic (exact) mass is 273 g/mol. The van der Waals surface area contributed by atoms with Crippen molar-refractivity contribution in [1.82, 2.24) is 9.97 Å². The van der Waals surface area contributed by atoms with Crippen molar-refractivity contribution in [2.75, 3.05) is 29.9 Å². The fourth-order valence-corrected chi connectivity index (χ4v) is 2.29. The standard InChI is InChI=1S/C15H23N5/c1-4-17-13-11(3)15(20(5-2)10-6-9-16)19-14(18-13)12-7-8-12/h12H,4-8,10H2,1-3H3,(H,17,18,19).